The minimum Gasteiger partial charge on any atom is -0.387 e. The first-order valence-electron chi connectivity index (χ1n) is 5.62. The molecule has 16 heavy (non-hydrogen) atoms. The molecule has 1 aromatic rings. The molecule has 1 aliphatic rings. The standard InChI is InChI=1S/C11H18N4S/c1-8-7-16-10(14-8)6-15-4-2-9(3-5-15)11(12)13/h7,9H,2-6H2,1H3,(H3,12,13). The van der Waals surface area contributed by atoms with E-state index in [0.29, 0.717) is 11.8 Å². The van der Waals surface area contributed by atoms with Crippen molar-refractivity contribution in [1.29, 1.82) is 5.41 Å². The quantitative estimate of drug-likeness (QED) is 0.621. The van der Waals surface area contributed by atoms with Gasteiger partial charge in [-0.3, -0.25) is 10.3 Å². The van der Waals surface area contributed by atoms with E-state index in [2.05, 4.69) is 15.3 Å². The first-order valence-corrected chi connectivity index (χ1v) is 6.50. The second kappa shape index (κ2) is 4.93. The second-order valence-electron chi connectivity index (χ2n) is 4.39. The van der Waals surface area contributed by atoms with Crippen LogP contribution in [0.15, 0.2) is 5.38 Å². The molecule has 0 atom stereocenters. The third kappa shape index (κ3) is 2.80. The van der Waals surface area contributed by atoms with Gasteiger partial charge in [0.1, 0.15) is 5.01 Å². The van der Waals surface area contributed by atoms with Crippen molar-refractivity contribution in [2.75, 3.05) is 13.1 Å². The van der Waals surface area contributed by atoms with Crippen molar-refractivity contribution in [3.05, 3.63) is 16.1 Å². The van der Waals surface area contributed by atoms with Crippen molar-refractivity contribution in [3.63, 3.8) is 0 Å². The molecule has 2 heterocycles. The van der Waals surface area contributed by atoms with Crippen LogP contribution in [0.5, 0.6) is 0 Å². The summed E-state index contributed by atoms with van der Waals surface area (Å²) in [5, 5.41) is 10.7. The molecule has 0 aliphatic carbocycles. The van der Waals surface area contributed by atoms with E-state index in [1.807, 2.05) is 6.92 Å². The third-order valence-electron chi connectivity index (χ3n) is 3.05. The Kier molecular flexibility index (Phi) is 3.56. The normalized spacial score (nSPS) is 18.8. The molecular formula is C11H18N4S. The zero-order chi connectivity index (χ0) is 11.5. The van der Waals surface area contributed by atoms with E-state index in [-0.39, 0.29) is 0 Å². The topological polar surface area (TPSA) is 66.0 Å². The molecule has 1 saturated heterocycles. The number of aromatic nitrogens is 1. The maximum atomic E-state index is 7.43. The van der Waals surface area contributed by atoms with Crippen LogP contribution >= 0.6 is 11.3 Å². The minimum absolute atomic E-state index is 0.300. The molecule has 2 rings (SSSR count). The van der Waals surface area contributed by atoms with Gasteiger partial charge in [-0.15, -0.1) is 11.3 Å². The summed E-state index contributed by atoms with van der Waals surface area (Å²) in [5.74, 6) is 0.652. The Morgan fingerprint density at radius 1 is 1.62 bits per heavy atom. The van der Waals surface area contributed by atoms with E-state index < -0.39 is 0 Å². The van der Waals surface area contributed by atoms with Gasteiger partial charge in [0.2, 0.25) is 0 Å². The summed E-state index contributed by atoms with van der Waals surface area (Å²) in [6.07, 6.45) is 2.03. The molecule has 1 aromatic heterocycles. The van der Waals surface area contributed by atoms with Crippen LogP contribution in [0.3, 0.4) is 0 Å². The van der Waals surface area contributed by atoms with Crippen molar-refractivity contribution in [3.8, 4) is 0 Å². The van der Waals surface area contributed by atoms with Gasteiger partial charge in [-0.2, -0.15) is 0 Å². The van der Waals surface area contributed by atoms with Crippen LogP contribution in [0.1, 0.15) is 23.5 Å². The number of nitrogens with one attached hydrogen (secondary N) is 1. The highest BCUT2D eigenvalue weighted by atomic mass is 32.1. The lowest BCUT2D eigenvalue weighted by Crippen LogP contribution is -2.37. The van der Waals surface area contributed by atoms with Crippen LogP contribution in [0.25, 0.3) is 0 Å². The average Bonchev–Trinajstić information content (AvgIpc) is 2.65. The van der Waals surface area contributed by atoms with Gasteiger partial charge in [0.05, 0.1) is 12.4 Å². The number of hydrogen-bond acceptors (Lipinski definition) is 4. The third-order valence-corrected chi connectivity index (χ3v) is 4.00. The van der Waals surface area contributed by atoms with Gasteiger partial charge in [0.25, 0.3) is 0 Å². The van der Waals surface area contributed by atoms with Gasteiger partial charge in [-0.25, -0.2) is 4.98 Å². The molecule has 0 spiro atoms. The van der Waals surface area contributed by atoms with E-state index in [0.717, 1.165) is 38.2 Å². The number of amidine groups is 1. The zero-order valence-electron chi connectivity index (χ0n) is 9.57. The van der Waals surface area contributed by atoms with Crippen molar-refractivity contribution in [1.82, 2.24) is 9.88 Å². The minimum atomic E-state index is 0.300. The van der Waals surface area contributed by atoms with Crippen molar-refractivity contribution in [2.24, 2.45) is 11.7 Å². The highest BCUT2D eigenvalue weighted by Crippen LogP contribution is 2.19. The van der Waals surface area contributed by atoms with Crippen LogP contribution in [0.4, 0.5) is 0 Å². The van der Waals surface area contributed by atoms with Gasteiger partial charge in [0, 0.05) is 17.0 Å². The lowest BCUT2D eigenvalue weighted by Gasteiger charge is -2.30. The molecule has 88 valence electrons. The van der Waals surface area contributed by atoms with Crippen molar-refractivity contribution >= 4 is 17.2 Å². The number of aryl methyl sites for hydroxylation is 1. The SMILES string of the molecule is Cc1csc(CN2CCC(C(=N)N)CC2)n1. The van der Waals surface area contributed by atoms with Gasteiger partial charge < -0.3 is 5.73 Å². The summed E-state index contributed by atoms with van der Waals surface area (Å²) in [5.41, 5.74) is 6.63. The number of hydrogen-bond donors (Lipinski definition) is 2. The highest BCUT2D eigenvalue weighted by Gasteiger charge is 2.21. The van der Waals surface area contributed by atoms with Crippen molar-refractivity contribution < 1.29 is 0 Å². The number of nitrogens with two attached hydrogens (primary N) is 1. The lowest BCUT2D eigenvalue weighted by molar-refractivity contribution is 0.201. The van der Waals surface area contributed by atoms with E-state index in [1.165, 1.54) is 5.01 Å². The molecule has 0 amide bonds. The van der Waals surface area contributed by atoms with Gasteiger partial charge in [-0.05, 0) is 32.9 Å². The number of rotatable bonds is 3. The van der Waals surface area contributed by atoms with Gasteiger partial charge in [0.15, 0.2) is 0 Å². The smallest absolute Gasteiger partial charge is 0.107 e. The Hall–Kier alpha value is -0.940. The van der Waals surface area contributed by atoms with Gasteiger partial charge in [-0.1, -0.05) is 0 Å². The van der Waals surface area contributed by atoms with Gasteiger partial charge >= 0.3 is 0 Å². The molecule has 1 aliphatic heterocycles. The molecule has 0 saturated carbocycles. The zero-order valence-corrected chi connectivity index (χ0v) is 10.4. The predicted molar refractivity (Wildman–Crippen MR) is 66.8 cm³/mol. The van der Waals surface area contributed by atoms with E-state index in [4.69, 9.17) is 11.1 Å². The first-order chi connectivity index (χ1) is 7.65. The Morgan fingerprint density at radius 3 is 2.81 bits per heavy atom. The van der Waals surface area contributed by atoms with Crippen LogP contribution in [0.2, 0.25) is 0 Å². The summed E-state index contributed by atoms with van der Waals surface area (Å²) in [4.78, 5) is 6.87. The van der Waals surface area contributed by atoms with Crippen LogP contribution < -0.4 is 5.73 Å². The summed E-state index contributed by atoms with van der Waals surface area (Å²) < 4.78 is 0. The number of thiazole rings is 1. The van der Waals surface area contributed by atoms with E-state index in [9.17, 15) is 0 Å². The Labute approximate surface area is 100.0 Å². The summed E-state index contributed by atoms with van der Waals surface area (Å²) in [6.45, 7) is 5.04. The first kappa shape index (κ1) is 11.5. The van der Waals surface area contributed by atoms with Crippen LogP contribution in [0, 0.1) is 18.3 Å². The fraction of sp³-hybridized carbons (Fsp3) is 0.636. The molecule has 0 bridgehead atoms. The Bertz CT molecular complexity index is 366. The molecule has 0 unspecified atom stereocenters. The number of likely N-dealkylation sites (tertiary alicyclic amines) is 1. The molecule has 1 fully saturated rings. The van der Waals surface area contributed by atoms with E-state index >= 15 is 0 Å². The Balaban J connectivity index is 1.83. The highest BCUT2D eigenvalue weighted by molar-refractivity contribution is 7.09. The summed E-state index contributed by atoms with van der Waals surface area (Å²) in [7, 11) is 0. The molecular weight excluding hydrogens is 220 g/mol. The maximum absolute atomic E-state index is 7.43. The summed E-state index contributed by atoms with van der Waals surface area (Å²) in [6, 6.07) is 0. The van der Waals surface area contributed by atoms with E-state index in [1.54, 1.807) is 11.3 Å². The number of nitrogens with zero attached hydrogens (tertiary/aromatic N) is 2. The molecule has 4 nitrogen and oxygen atoms in total. The monoisotopic (exact) mass is 238 g/mol. The predicted octanol–water partition coefficient (Wildman–Crippen LogP) is 1.60. The maximum Gasteiger partial charge on any atom is 0.107 e. The number of piperidine rings is 1. The molecule has 3 N–H and O–H groups in total. The average molecular weight is 238 g/mol. The summed E-state index contributed by atoms with van der Waals surface area (Å²) >= 11 is 1.73. The lowest BCUT2D eigenvalue weighted by atomic mass is 9.96. The largest absolute Gasteiger partial charge is 0.387 e. The van der Waals surface area contributed by atoms with Crippen LogP contribution in [-0.4, -0.2) is 28.8 Å². The van der Waals surface area contributed by atoms with Crippen molar-refractivity contribution in [2.45, 2.75) is 26.3 Å². The Morgan fingerprint density at radius 2 is 2.31 bits per heavy atom. The van der Waals surface area contributed by atoms with Crippen LogP contribution in [-0.2, 0) is 6.54 Å². The molecule has 0 aromatic carbocycles. The molecule has 0 radical (unpaired) electrons. The second-order valence-corrected chi connectivity index (χ2v) is 5.33. The fourth-order valence-corrected chi connectivity index (χ4v) is 2.88. The fourth-order valence-electron chi connectivity index (χ4n) is 2.07. The molecule has 5 heteroatoms.